The van der Waals surface area contributed by atoms with Crippen molar-refractivity contribution in [1.29, 1.82) is 0 Å². The van der Waals surface area contributed by atoms with Crippen molar-refractivity contribution in [3.8, 4) is 5.75 Å². The Kier molecular flexibility index (Phi) is 5.88. The number of sulfone groups is 1. The maximum absolute atomic E-state index is 12.6. The minimum Gasteiger partial charge on any atom is -0.497 e. The number of ketones is 1. The summed E-state index contributed by atoms with van der Waals surface area (Å²) in [6.07, 6.45) is 2.32. The van der Waals surface area contributed by atoms with Crippen LogP contribution in [0.2, 0.25) is 0 Å². The number of pyridine rings is 1. The molecule has 1 saturated carbocycles. The predicted octanol–water partition coefficient (Wildman–Crippen LogP) is 4.37. The number of rotatable bonds is 9. The Labute approximate surface area is 183 Å². The van der Waals surface area contributed by atoms with Crippen LogP contribution in [0.1, 0.15) is 60.9 Å². The molecular formula is C24H28N2O4S. The first-order chi connectivity index (χ1) is 14.8. The van der Waals surface area contributed by atoms with Gasteiger partial charge in [-0.2, -0.15) is 0 Å². The van der Waals surface area contributed by atoms with E-state index in [2.05, 4.69) is 29.5 Å². The number of ether oxygens (including phenoxy) is 1. The molecule has 164 valence electrons. The van der Waals surface area contributed by atoms with Gasteiger partial charge in [0.1, 0.15) is 17.2 Å². The smallest absolute Gasteiger partial charge is 0.196 e. The quantitative estimate of drug-likeness (QED) is 0.462. The van der Waals surface area contributed by atoms with Gasteiger partial charge in [-0.05, 0) is 61.6 Å². The molecule has 0 bridgehead atoms. The standard InChI is InChI=1S/C24H28N2O4S/c1-4-16(2)23-13-17-12-19(30-3)8-11-22(17)26(23)14-18-6-5-7-21(25-18)24(27)15-31(28,29)20-9-10-20/h5-8,11-13,16,20H,4,9-10,14-15H2,1-3H3. The summed E-state index contributed by atoms with van der Waals surface area (Å²) in [4.78, 5) is 17.1. The molecule has 0 saturated heterocycles. The summed E-state index contributed by atoms with van der Waals surface area (Å²) in [6, 6.07) is 13.4. The molecule has 1 fully saturated rings. The normalized spacial score (nSPS) is 15.2. The van der Waals surface area contributed by atoms with E-state index >= 15 is 0 Å². The zero-order chi connectivity index (χ0) is 22.2. The number of methoxy groups -OCH3 is 1. The van der Waals surface area contributed by atoms with Gasteiger partial charge in [-0.15, -0.1) is 0 Å². The van der Waals surface area contributed by atoms with Crippen molar-refractivity contribution < 1.29 is 17.9 Å². The number of hydrogen-bond donors (Lipinski definition) is 0. The van der Waals surface area contributed by atoms with Gasteiger partial charge < -0.3 is 9.30 Å². The topological polar surface area (TPSA) is 78.3 Å². The highest BCUT2D eigenvalue weighted by atomic mass is 32.2. The predicted molar refractivity (Wildman–Crippen MR) is 122 cm³/mol. The van der Waals surface area contributed by atoms with E-state index in [-0.39, 0.29) is 10.9 Å². The molecule has 31 heavy (non-hydrogen) atoms. The Hall–Kier alpha value is -2.67. The molecule has 1 aliphatic carbocycles. The summed E-state index contributed by atoms with van der Waals surface area (Å²) in [6.45, 7) is 4.86. The molecule has 0 spiro atoms. The van der Waals surface area contributed by atoms with Gasteiger partial charge >= 0.3 is 0 Å². The second-order valence-electron chi connectivity index (χ2n) is 8.33. The van der Waals surface area contributed by atoms with E-state index in [1.165, 1.54) is 5.69 Å². The number of fused-ring (bicyclic) bond motifs is 1. The Morgan fingerprint density at radius 2 is 2.00 bits per heavy atom. The van der Waals surface area contributed by atoms with Crippen LogP contribution in [-0.4, -0.2) is 41.9 Å². The highest BCUT2D eigenvalue weighted by molar-refractivity contribution is 7.93. The average molecular weight is 441 g/mol. The first kappa shape index (κ1) is 21.6. The van der Waals surface area contributed by atoms with Crippen LogP contribution in [0.15, 0.2) is 42.5 Å². The van der Waals surface area contributed by atoms with Gasteiger partial charge in [0, 0.05) is 16.6 Å². The summed E-state index contributed by atoms with van der Waals surface area (Å²) < 4.78 is 32.0. The summed E-state index contributed by atoms with van der Waals surface area (Å²) in [5.41, 5.74) is 3.21. The van der Waals surface area contributed by atoms with Crippen LogP contribution >= 0.6 is 0 Å². The first-order valence-corrected chi connectivity index (χ1v) is 12.4. The van der Waals surface area contributed by atoms with E-state index in [1.807, 2.05) is 24.3 Å². The van der Waals surface area contributed by atoms with Crippen molar-refractivity contribution in [3.05, 3.63) is 59.5 Å². The molecule has 0 N–H and O–H groups in total. The number of aromatic nitrogens is 2. The molecule has 1 unspecified atom stereocenters. The Morgan fingerprint density at radius 1 is 1.23 bits per heavy atom. The fourth-order valence-electron chi connectivity index (χ4n) is 3.88. The molecule has 7 heteroatoms. The SMILES string of the molecule is CCC(C)c1cc2cc(OC)ccc2n1Cc1cccc(C(=O)CS(=O)(=O)C2CC2)n1. The van der Waals surface area contributed by atoms with E-state index < -0.39 is 21.4 Å². The van der Waals surface area contributed by atoms with Gasteiger partial charge in [-0.3, -0.25) is 4.79 Å². The van der Waals surface area contributed by atoms with E-state index in [0.29, 0.717) is 25.3 Å². The minimum absolute atomic E-state index is 0.213. The minimum atomic E-state index is -3.36. The zero-order valence-electron chi connectivity index (χ0n) is 18.2. The Morgan fingerprint density at radius 3 is 2.68 bits per heavy atom. The molecule has 0 aliphatic heterocycles. The lowest BCUT2D eigenvalue weighted by Gasteiger charge is -2.15. The molecule has 0 amide bonds. The zero-order valence-corrected chi connectivity index (χ0v) is 19.0. The third-order valence-corrected chi connectivity index (χ3v) is 8.19. The van der Waals surface area contributed by atoms with Crippen LogP contribution in [0.4, 0.5) is 0 Å². The summed E-state index contributed by atoms with van der Waals surface area (Å²) in [5, 5.41) is 0.748. The highest BCUT2D eigenvalue weighted by Crippen LogP contribution is 2.31. The van der Waals surface area contributed by atoms with Crippen LogP contribution in [0.3, 0.4) is 0 Å². The molecule has 4 rings (SSSR count). The fraction of sp³-hybridized carbons (Fsp3) is 0.417. The van der Waals surface area contributed by atoms with E-state index in [4.69, 9.17) is 4.74 Å². The van der Waals surface area contributed by atoms with Crippen LogP contribution in [0.25, 0.3) is 10.9 Å². The molecule has 1 aromatic carbocycles. The lowest BCUT2D eigenvalue weighted by molar-refractivity contribution is 0.101. The largest absolute Gasteiger partial charge is 0.497 e. The number of carbonyl (C=O) groups is 1. The van der Waals surface area contributed by atoms with Crippen LogP contribution in [0, 0.1) is 0 Å². The van der Waals surface area contributed by atoms with Crippen molar-refractivity contribution in [3.63, 3.8) is 0 Å². The summed E-state index contributed by atoms with van der Waals surface area (Å²) in [7, 11) is -1.70. The second kappa shape index (κ2) is 8.46. The van der Waals surface area contributed by atoms with E-state index in [9.17, 15) is 13.2 Å². The van der Waals surface area contributed by atoms with Crippen LogP contribution in [-0.2, 0) is 16.4 Å². The molecule has 1 aliphatic rings. The van der Waals surface area contributed by atoms with Gasteiger partial charge in [0.2, 0.25) is 0 Å². The van der Waals surface area contributed by atoms with E-state index in [0.717, 1.165) is 28.8 Å². The van der Waals surface area contributed by atoms with E-state index in [1.54, 1.807) is 19.2 Å². The highest BCUT2D eigenvalue weighted by Gasteiger charge is 2.37. The van der Waals surface area contributed by atoms with Crippen molar-refractivity contribution in [2.75, 3.05) is 12.9 Å². The van der Waals surface area contributed by atoms with Crippen molar-refractivity contribution in [2.45, 2.75) is 50.8 Å². The van der Waals surface area contributed by atoms with Gasteiger partial charge in [0.15, 0.2) is 15.6 Å². The monoisotopic (exact) mass is 440 g/mol. The fourth-order valence-corrected chi connectivity index (χ4v) is 5.48. The van der Waals surface area contributed by atoms with Crippen LogP contribution in [0.5, 0.6) is 5.75 Å². The van der Waals surface area contributed by atoms with Gasteiger partial charge in [-0.25, -0.2) is 13.4 Å². The molecule has 6 nitrogen and oxygen atoms in total. The first-order valence-electron chi connectivity index (χ1n) is 10.7. The molecule has 3 aromatic rings. The molecule has 2 heterocycles. The van der Waals surface area contributed by atoms with Crippen LogP contribution < -0.4 is 4.74 Å². The number of hydrogen-bond acceptors (Lipinski definition) is 5. The maximum atomic E-state index is 12.6. The number of nitrogens with zero attached hydrogens (tertiary/aromatic N) is 2. The van der Waals surface area contributed by atoms with Crippen molar-refractivity contribution in [2.24, 2.45) is 0 Å². The van der Waals surface area contributed by atoms with Gasteiger partial charge in [0.25, 0.3) is 0 Å². The van der Waals surface area contributed by atoms with Gasteiger partial charge in [0.05, 0.1) is 24.6 Å². The third kappa shape index (κ3) is 4.51. The number of carbonyl (C=O) groups excluding carboxylic acids is 1. The molecule has 2 aromatic heterocycles. The Bertz CT molecular complexity index is 1230. The van der Waals surface area contributed by atoms with Gasteiger partial charge in [-0.1, -0.05) is 19.9 Å². The lowest BCUT2D eigenvalue weighted by atomic mass is 10.0. The second-order valence-corrected chi connectivity index (χ2v) is 10.6. The lowest BCUT2D eigenvalue weighted by Crippen LogP contribution is -2.21. The molecule has 0 radical (unpaired) electrons. The number of benzene rings is 1. The molecular weight excluding hydrogens is 412 g/mol. The van der Waals surface area contributed by atoms with Crippen molar-refractivity contribution >= 4 is 26.5 Å². The Balaban J connectivity index is 1.66. The average Bonchev–Trinajstić information content (AvgIpc) is 3.57. The summed E-state index contributed by atoms with van der Waals surface area (Å²) in [5.74, 6) is 0.270. The third-order valence-electron chi connectivity index (χ3n) is 6.03. The summed E-state index contributed by atoms with van der Waals surface area (Å²) >= 11 is 0. The van der Waals surface area contributed by atoms with Crippen molar-refractivity contribution in [1.82, 2.24) is 9.55 Å². The maximum Gasteiger partial charge on any atom is 0.196 e. The molecule has 1 atom stereocenters. The number of Topliss-reactive ketones (excluding diaryl/α,β-unsaturated/α-hetero) is 1.